The zero-order valence-electron chi connectivity index (χ0n) is 7.55. The standard InChI is InChI=1S/C10H16O/c1-10(2,3)11-9-7-5-4-6-8-9/h4-5,7H,6,8H2,1-3H3. The van der Waals surface area contributed by atoms with Crippen LogP contribution in [0.4, 0.5) is 0 Å². The van der Waals surface area contributed by atoms with Gasteiger partial charge in [-0.15, -0.1) is 0 Å². The van der Waals surface area contributed by atoms with Gasteiger partial charge in [-0.1, -0.05) is 12.2 Å². The molecule has 0 aromatic heterocycles. The van der Waals surface area contributed by atoms with E-state index in [4.69, 9.17) is 4.74 Å². The molecule has 0 saturated heterocycles. The number of allylic oxidation sites excluding steroid dienone is 4. The monoisotopic (exact) mass is 152 g/mol. The van der Waals surface area contributed by atoms with Crippen LogP contribution in [0.5, 0.6) is 0 Å². The summed E-state index contributed by atoms with van der Waals surface area (Å²) in [6.07, 6.45) is 8.44. The van der Waals surface area contributed by atoms with Gasteiger partial charge in [-0.3, -0.25) is 0 Å². The normalized spacial score (nSPS) is 17.9. The molecule has 62 valence electrons. The Kier molecular flexibility index (Phi) is 2.38. The van der Waals surface area contributed by atoms with Crippen molar-refractivity contribution in [1.82, 2.24) is 0 Å². The highest BCUT2D eigenvalue weighted by Crippen LogP contribution is 2.19. The van der Waals surface area contributed by atoms with Gasteiger partial charge in [-0.05, 0) is 33.3 Å². The Morgan fingerprint density at radius 1 is 1.36 bits per heavy atom. The van der Waals surface area contributed by atoms with E-state index in [9.17, 15) is 0 Å². The molecule has 11 heavy (non-hydrogen) atoms. The maximum absolute atomic E-state index is 5.69. The SMILES string of the molecule is CC(C)(C)OC1=CC=CCC1. The van der Waals surface area contributed by atoms with Crippen molar-refractivity contribution in [1.29, 1.82) is 0 Å². The largest absolute Gasteiger partial charge is 0.492 e. The molecular weight excluding hydrogens is 136 g/mol. The summed E-state index contributed by atoms with van der Waals surface area (Å²) in [7, 11) is 0. The molecule has 1 nitrogen and oxygen atoms in total. The van der Waals surface area contributed by atoms with Crippen LogP contribution in [0.2, 0.25) is 0 Å². The Hall–Kier alpha value is -0.720. The van der Waals surface area contributed by atoms with Crippen LogP contribution >= 0.6 is 0 Å². The fourth-order valence-electron chi connectivity index (χ4n) is 1.06. The lowest BCUT2D eigenvalue weighted by atomic mass is 10.1. The third-order valence-corrected chi connectivity index (χ3v) is 1.41. The first-order valence-corrected chi connectivity index (χ1v) is 4.13. The summed E-state index contributed by atoms with van der Waals surface area (Å²) in [4.78, 5) is 0. The molecule has 0 bridgehead atoms. The lowest BCUT2D eigenvalue weighted by Gasteiger charge is -2.24. The van der Waals surface area contributed by atoms with Gasteiger partial charge in [-0.2, -0.15) is 0 Å². The van der Waals surface area contributed by atoms with Gasteiger partial charge in [0, 0.05) is 6.42 Å². The summed E-state index contributed by atoms with van der Waals surface area (Å²) >= 11 is 0. The Balaban J connectivity index is 2.49. The van der Waals surface area contributed by atoms with Gasteiger partial charge < -0.3 is 4.74 Å². The number of hydrogen-bond acceptors (Lipinski definition) is 1. The summed E-state index contributed by atoms with van der Waals surface area (Å²) in [6.45, 7) is 6.23. The highest BCUT2D eigenvalue weighted by molar-refractivity contribution is 5.13. The van der Waals surface area contributed by atoms with Crippen molar-refractivity contribution in [2.75, 3.05) is 0 Å². The van der Waals surface area contributed by atoms with Gasteiger partial charge in [0.05, 0.1) is 5.76 Å². The first kappa shape index (κ1) is 8.38. The Morgan fingerprint density at radius 3 is 2.55 bits per heavy atom. The average molecular weight is 152 g/mol. The van der Waals surface area contributed by atoms with Crippen molar-refractivity contribution in [2.45, 2.75) is 39.2 Å². The van der Waals surface area contributed by atoms with Crippen molar-refractivity contribution >= 4 is 0 Å². The van der Waals surface area contributed by atoms with Crippen LogP contribution in [-0.4, -0.2) is 5.60 Å². The summed E-state index contributed by atoms with van der Waals surface area (Å²) in [5, 5.41) is 0. The molecule has 0 N–H and O–H groups in total. The minimum absolute atomic E-state index is 0.0446. The first-order valence-electron chi connectivity index (χ1n) is 4.13. The highest BCUT2D eigenvalue weighted by Gasteiger charge is 2.13. The van der Waals surface area contributed by atoms with E-state index in [0.717, 1.165) is 18.6 Å². The lowest BCUT2D eigenvalue weighted by molar-refractivity contribution is 0.0468. The summed E-state index contributed by atoms with van der Waals surface area (Å²) < 4.78 is 5.69. The van der Waals surface area contributed by atoms with Crippen molar-refractivity contribution in [3.63, 3.8) is 0 Å². The summed E-state index contributed by atoms with van der Waals surface area (Å²) in [5.74, 6) is 1.11. The van der Waals surface area contributed by atoms with Gasteiger partial charge in [-0.25, -0.2) is 0 Å². The third-order valence-electron chi connectivity index (χ3n) is 1.41. The van der Waals surface area contributed by atoms with Crippen LogP contribution in [0.1, 0.15) is 33.6 Å². The van der Waals surface area contributed by atoms with Gasteiger partial charge in [0.1, 0.15) is 5.60 Å². The second kappa shape index (κ2) is 3.12. The van der Waals surface area contributed by atoms with E-state index in [1.165, 1.54) is 0 Å². The van der Waals surface area contributed by atoms with Crippen molar-refractivity contribution in [2.24, 2.45) is 0 Å². The van der Waals surface area contributed by atoms with Gasteiger partial charge >= 0.3 is 0 Å². The van der Waals surface area contributed by atoms with Crippen LogP contribution in [0.3, 0.4) is 0 Å². The Morgan fingerprint density at radius 2 is 2.09 bits per heavy atom. The van der Waals surface area contributed by atoms with Crippen molar-refractivity contribution in [3.8, 4) is 0 Å². The van der Waals surface area contributed by atoms with Crippen LogP contribution in [-0.2, 0) is 4.74 Å². The number of rotatable bonds is 1. The average Bonchev–Trinajstić information content (AvgIpc) is 1.85. The maximum Gasteiger partial charge on any atom is 0.100 e. The predicted octanol–water partition coefficient (Wildman–Crippen LogP) is 3.04. The molecule has 1 heteroatoms. The number of ether oxygens (including phenoxy) is 1. The van der Waals surface area contributed by atoms with Crippen LogP contribution in [0.25, 0.3) is 0 Å². The molecule has 0 radical (unpaired) electrons. The molecule has 0 atom stereocenters. The van der Waals surface area contributed by atoms with Gasteiger partial charge in [0.2, 0.25) is 0 Å². The fourth-order valence-corrected chi connectivity index (χ4v) is 1.06. The molecule has 0 unspecified atom stereocenters. The van der Waals surface area contributed by atoms with E-state index in [-0.39, 0.29) is 5.60 Å². The minimum Gasteiger partial charge on any atom is -0.492 e. The molecule has 0 amide bonds. The Bertz CT molecular complexity index is 182. The zero-order chi connectivity index (χ0) is 8.32. The molecule has 0 aromatic rings. The van der Waals surface area contributed by atoms with E-state index in [1.807, 2.05) is 0 Å². The van der Waals surface area contributed by atoms with E-state index >= 15 is 0 Å². The summed E-state index contributed by atoms with van der Waals surface area (Å²) in [6, 6.07) is 0. The van der Waals surface area contributed by atoms with Crippen molar-refractivity contribution < 1.29 is 4.74 Å². The van der Waals surface area contributed by atoms with Crippen molar-refractivity contribution in [3.05, 3.63) is 24.0 Å². The Labute approximate surface area is 68.8 Å². The molecule has 1 aliphatic rings. The molecule has 0 aromatic carbocycles. The summed E-state index contributed by atoms with van der Waals surface area (Å²) in [5.41, 5.74) is -0.0446. The predicted molar refractivity (Wildman–Crippen MR) is 47.3 cm³/mol. The second-order valence-corrected chi connectivity index (χ2v) is 3.81. The molecule has 0 heterocycles. The maximum atomic E-state index is 5.69. The van der Waals surface area contributed by atoms with E-state index in [0.29, 0.717) is 0 Å². The second-order valence-electron chi connectivity index (χ2n) is 3.81. The number of hydrogen-bond donors (Lipinski definition) is 0. The smallest absolute Gasteiger partial charge is 0.100 e. The molecular formula is C10H16O. The first-order chi connectivity index (χ1) is 5.08. The molecule has 0 saturated carbocycles. The molecule has 0 aliphatic heterocycles. The quantitative estimate of drug-likeness (QED) is 0.561. The van der Waals surface area contributed by atoms with E-state index in [1.54, 1.807) is 0 Å². The van der Waals surface area contributed by atoms with Crippen LogP contribution < -0.4 is 0 Å². The minimum atomic E-state index is -0.0446. The molecule has 1 aliphatic carbocycles. The highest BCUT2D eigenvalue weighted by atomic mass is 16.5. The van der Waals surface area contributed by atoms with Gasteiger partial charge in [0.15, 0.2) is 0 Å². The molecule has 1 rings (SSSR count). The topological polar surface area (TPSA) is 9.23 Å². The van der Waals surface area contributed by atoms with Gasteiger partial charge in [0.25, 0.3) is 0 Å². The fraction of sp³-hybridized carbons (Fsp3) is 0.600. The molecule has 0 fully saturated rings. The third kappa shape index (κ3) is 3.26. The lowest BCUT2D eigenvalue weighted by Crippen LogP contribution is -2.18. The molecule has 0 spiro atoms. The van der Waals surface area contributed by atoms with Crippen LogP contribution in [0, 0.1) is 0 Å². The van der Waals surface area contributed by atoms with E-state index < -0.39 is 0 Å². The zero-order valence-corrected chi connectivity index (χ0v) is 7.55. The van der Waals surface area contributed by atoms with Crippen LogP contribution in [0.15, 0.2) is 24.0 Å². The van der Waals surface area contributed by atoms with E-state index in [2.05, 4.69) is 39.0 Å².